The second-order valence-corrected chi connectivity index (χ2v) is 5.80. The van der Waals surface area contributed by atoms with Crippen LogP contribution >= 0.6 is 12.4 Å². The zero-order chi connectivity index (χ0) is 17.8. The van der Waals surface area contributed by atoms with Crippen molar-refractivity contribution in [2.24, 2.45) is 0 Å². The summed E-state index contributed by atoms with van der Waals surface area (Å²) >= 11 is 0. The van der Waals surface area contributed by atoms with Gasteiger partial charge in [-0.15, -0.1) is 25.6 Å². The molecule has 2 rings (SSSR count). The Bertz CT molecular complexity index is 561. The molecule has 1 fully saturated rings. The summed E-state index contributed by atoms with van der Waals surface area (Å²) in [6.07, 6.45) is -3.54. The SMILES string of the molecule is COC1(C(=O)N(C)Cc2ccc(OC(F)(F)F)cc2)CCNCC1.Cl. The van der Waals surface area contributed by atoms with Crippen molar-refractivity contribution in [3.8, 4) is 5.75 Å². The number of ether oxygens (including phenoxy) is 2. The van der Waals surface area contributed by atoms with Crippen LogP contribution in [-0.4, -0.2) is 50.0 Å². The van der Waals surface area contributed by atoms with Crippen LogP contribution in [0.5, 0.6) is 5.75 Å². The lowest BCUT2D eigenvalue weighted by molar-refractivity contribution is -0.274. The van der Waals surface area contributed by atoms with Crippen LogP contribution in [0.25, 0.3) is 0 Å². The number of alkyl halides is 3. The van der Waals surface area contributed by atoms with Crippen LogP contribution in [0.3, 0.4) is 0 Å². The zero-order valence-electron chi connectivity index (χ0n) is 14.1. The molecule has 5 nitrogen and oxygen atoms in total. The molecule has 25 heavy (non-hydrogen) atoms. The Morgan fingerprint density at radius 1 is 1.24 bits per heavy atom. The number of hydrogen-bond acceptors (Lipinski definition) is 4. The van der Waals surface area contributed by atoms with Gasteiger partial charge in [-0.1, -0.05) is 12.1 Å². The van der Waals surface area contributed by atoms with Gasteiger partial charge in [-0.25, -0.2) is 0 Å². The predicted molar refractivity (Wildman–Crippen MR) is 88.7 cm³/mol. The van der Waals surface area contributed by atoms with E-state index >= 15 is 0 Å². The third kappa shape index (κ3) is 5.76. The molecule has 1 saturated heterocycles. The molecule has 0 unspecified atom stereocenters. The average molecular weight is 383 g/mol. The molecule has 0 saturated carbocycles. The lowest BCUT2D eigenvalue weighted by atomic mass is 9.90. The van der Waals surface area contributed by atoms with Crippen molar-refractivity contribution in [3.63, 3.8) is 0 Å². The first kappa shape index (κ1) is 21.5. The number of carbonyl (C=O) groups excluding carboxylic acids is 1. The van der Waals surface area contributed by atoms with Crippen LogP contribution < -0.4 is 10.1 Å². The smallest absolute Gasteiger partial charge is 0.406 e. The van der Waals surface area contributed by atoms with Gasteiger partial charge in [0, 0.05) is 20.7 Å². The van der Waals surface area contributed by atoms with Crippen LogP contribution in [0.2, 0.25) is 0 Å². The highest BCUT2D eigenvalue weighted by Gasteiger charge is 2.41. The first-order valence-electron chi connectivity index (χ1n) is 7.62. The molecule has 0 atom stereocenters. The summed E-state index contributed by atoms with van der Waals surface area (Å²) in [5, 5.41) is 3.19. The normalized spacial score (nSPS) is 16.7. The number of amides is 1. The van der Waals surface area contributed by atoms with Crippen molar-refractivity contribution < 1.29 is 27.4 Å². The summed E-state index contributed by atoms with van der Waals surface area (Å²) in [7, 11) is 3.19. The van der Waals surface area contributed by atoms with Crippen LogP contribution in [0, 0.1) is 0 Å². The summed E-state index contributed by atoms with van der Waals surface area (Å²) in [4.78, 5) is 14.2. The Kier molecular flexibility index (Phi) is 7.52. The molecule has 1 aliphatic heterocycles. The van der Waals surface area contributed by atoms with Crippen molar-refractivity contribution in [1.82, 2.24) is 10.2 Å². The van der Waals surface area contributed by atoms with Crippen molar-refractivity contribution in [3.05, 3.63) is 29.8 Å². The Balaban J connectivity index is 0.00000312. The van der Waals surface area contributed by atoms with Gasteiger partial charge in [-0.05, 0) is 43.6 Å². The van der Waals surface area contributed by atoms with Crippen LogP contribution in [0.4, 0.5) is 13.2 Å². The Morgan fingerprint density at radius 2 is 1.80 bits per heavy atom. The van der Waals surface area contributed by atoms with E-state index in [1.54, 1.807) is 7.05 Å². The zero-order valence-corrected chi connectivity index (χ0v) is 14.9. The van der Waals surface area contributed by atoms with E-state index in [0.717, 1.165) is 0 Å². The van der Waals surface area contributed by atoms with E-state index in [0.29, 0.717) is 31.5 Å². The molecule has 0 bridgehead atoms. The van der Waals surface area contributed by atoms with Crippen molar-refractivity contribution in [2.45, 2.75) is 31.3 Å². The number of rotatable bonds is 5. The number of piperidine rings is 1. The first-order valence-corrected chi connectivity index (χ1v) is 7.62. The van der Waals surface area contributed by atoms with Crippen molar-refractivity contribution >= 4 is 18.3 Å². The number of likely N-dealkylation sites (N-methyl/N-ethyl adjacent to an activating group) is 1. The molecule has 0 spiro atoms. The second kappa shape index (κ2) is 8.73. The molecule has 142 valence electrons. The van der Waals surface area contributed by atoms with Gasteiger partial charge in [-0.3, -0.25) is 4.79 Å². The number of methoxy groups -OCH3 is 1. The molecule has 1 aliphatic rings. The highest BCUT2D eigenvalue weighted by molar-refractivity contribution is 5.85. The van der Waals surface area contributed by atoms with Crippen LogP contribution in [-0.2, 0) is 16.1 Å². The predicted octanol–water partition coefficient (Wildman–Crippen LogP) is 2.73. The fourth-order valence-electron chi connectivity index (χ4n) is 2.83. The van der Waals surface area contributed by atoms with Gasteiger partial charge in [0.2, 0.25) is 0 Å². The van der Waals surface area contributed by atoms with Crippen molar-refractivity contribution in [1.29, 1.82) is 0 Å². The lowest BCUT2D eigenvalue weighted by Gasteiger charge is -2.37. The Hall–Kier alpha value is -1.51. The standard InChI is InChI=1S/C16H21F3N2O3.ClH/c1-21(14(22)15(23-2)7-9-20-10-8-15)11-12-3-5-13(6-4-12)24-16(17,18)19;/h3-6,20H,7-11H2,1-2H3;1H. The van der Waals surface area contributed by atoms with Gasteiger partial charge in [0.1, 0.15) is 11.4 Å². The Labute approximate surface area is 150 Å². The number of carbonyl (C=O) groups is 1. The molecule has 1 N–H and O–H groups in total. The quantitative estimate of drug-likeness (QED) is 0.850. The minimum atomic E-state index is -4.71. The van der Waals surface area contributed by atoms with Gasteiger partial charge in [0.05, 0.1) is 0 Å². The highest BCUT2D eigenvalue weighted by Crippen LogP contribution is 2.26. The first-order chi connectivity index (χ1) is 11.3. The van der Waals surface area contributed by atoms with E-state index in [9.17, 15) is 18.0 Å². The maximum Gasteiger partial charge on any atom is 0.573 e. The number of hydrogen-bond donors (Lipinski definition) is 1. The summed E-state index contributed by atoms with van der Waals surface area (Å²) < 4.78 is 45.8. The lowest BCUT2D eigenvalue weighted by Crippen LogP contribution is -2.54. The van der Waals surface area contributed by atoms with Gasteiger partial charge >= 0.3 is 6.36 Å². The van der Waals surface area contributed by atoms with Gasteiger partial charge < -0.3 is 19.7 Å². The molecule has 0 aliphatic carbocycles. The topological polar surface area (TPSA) is 50.8 Å². The molecule has 0 aromatic heterocycles. The van der Waals surface area contributed by atoms with E-state index in [-0.39, 0.29) is 30.6 Å². The maximum atomic E-state index is 12.7. The molecular formula is C16H22ClF3N2O3. The van der Waals surface area contributed by atoms with E-state index in [4.69, 9.17) is 4.74 Å². The summed E-state index contributed by atoms with van der Waals surface area (Å²) in [5.41, 5.74) is -0.125. The van der Waals surface area contributed by atoms with E-state index in [2.05, 4.69) is 10.1 Å². The summed E-state index contributed by atoms with van der Waals surface area (Å²) in [6.45, 7) is 1.69. The number of benzene rings is 1. The number of nitrogens with one attached hydrogen (secondary N) is 1. The summed E-state index contributed by atoms with van der Waals surface area (Å²) in [6, 6.07) is 5.48. The van der Waals surface area contributed by atoms with Gasteiger partial charge in [-0.2, -0.15) is 0 Å². The minimum Gasteiger partial charge on any atom is -0.406 e. The summed E-state index contributed by atoms with van der Waals surface area (Å²) in [5.74, 6) is -0.408. The number of halogens is 4. The van der Waals surface area contributed by atoms with E-state index in [1.165, 1.54) is 36.3 Å². The number of nitrogens with zero attached hydrogens (tertiary/aromatic N) is 1. The molecule has 9 heteroatoms. The average Bonchev–Trinajstić information content (AvgIpc) is 2.55. The van der Waals surface area contributed by atoms with Gasteiger partial charge in [0.25, 0.3) is 5.91 Å². The fraction of sp³-hybridized carbons (Fsp3) is 0.562. The van der Waals surface area contributed by atoms with E-state index < -0.39 is 12.0 Å². The third-order valence-electron chi connectivity index (χ3n) is 4.12. The molecular weight excluding hydrogens is 361 g/mol. The van der Waals surface area contributed by atoms with Crippen molar-refractivity contribution in [2.75, 3.05) is 27.2 Å². The van der Waals surface area contributed by atoms with E-state index in [1.807, 2.05) is 0 Å². The largest absolute Gasteiger partial charge is 0.573 e. The minimum absolute atomic E-state index is 0. The molecule has 1 aromatic carbocycles. The second-order valence-electron chi connectivity index (χ2n) is 5.80. The monoisotopic (exact) mass is 382 g/mol. The van der Waals surface area contributed by atoms with Crippen LogP contribution in [0.1, 0.15) is 18.4 Å². The van der Waals surface area contributed by atoms with Crippen LogP contribution in [0.15, 0.2) is 24.3 Å². The maximum absolute atomic E-state index is 12.7. The molecule has 1 heterocycles. The van der Waals surface area contributed by atoms with Gasteiger partial charge in [0.15, 0.2) is 0 Å². The third-order valence-corrected chi connectivity index (χ3v) is 4.12. The molecule has 1 amide bonds. The Morgan fingerprint density at radius 3 is 2.28 bits per heavy atom. The molecule has 1 aromatic rings. The fourth-order valence-corrected chi connectivity index (χ4v) is 2.83. The molecule has 0 radical (unpaired) electrons. The highest BCUT2D eigenvalue weighted by atomic mass is 35.5.